The van der Waals surface area contributed by atoms with E-state index < -0.39 is 5.97 Å². The molecule has 0 radical (unpaired) electrons. The van der Waals surface area contributed by atoms with E-state index in [1.165, 1.54) is 0 Å². The van der Waals surface area contributed by atoms with Gasteiger partial charge in [-0.1, -0.05) is 24.3 Å². The molecule has 2 atom stereocenters. The highest BCUT2D eigenvalue weighted by molar-refractivity contribution is 7.80. The normalized spacial score (nSPS) is 19.1. The highest BCUT2D eigenvalue weighted by Gasteiger charge is 2.39. The number of benzene rings is 1. The number of rotatable bonds is 4. The summed E-state index contributed by atoms with van der Waals surface area (Å²) in [5, 5.41) is 13.3. The summed E-state index contributed by atoms with van der Waals surface area (Å²) in [4.78, 5) is 17.9. The first-order chi connectivity index (χ1) is 13.1. The van der Waals surface area contributed by atoms with Gasteiger partial charge in [0, 0.05) is 18.8 Å². The van der Waals surface area contributed by atoms with Crippen LogP contribution in [0.1, 0.15) is 33.9 Å². The number of furan rings is 1. The SMILES string of the molecule is CN1C(=S)NC(c2ccccn2)C1c1ccc(-c2ccccc2C(=O)O)o1. The zero-order valence-electron chi connectivity index (χ0n) is 14.5. The summed E-state index contributed by atoms with van der Waals surface area (Å²) in [5.74, 6) is 0.209. The van der Waals surface area contributed by atoms with E-state index in [-0.39, 0.29) is 17.6 Å². The largest absolute Gasteiger partial charge is 0.478 e. The molecule has 1 aliphatic heterocycles. The smallest absolute Gasteiger partial charge is 0.336 e. The van der Waals surface area contributed by atoms with Crippen molar-refractivity contribution in [2.75, 3.05) is 7.05 Å². The Morgan fingerprint density at radius 1 is 1.19 bits per heavy atom. The lowest BCUT2D eigenvalue weighted by molar-refractivity contribution is 0.0697. The molecular weight excluding hydrogens is 362 g/mol. The summed E-state index contributed by atoms with van der Waals surface area (Å²) < 4.78 is 6.08. The molecule has 1 fully saturated rings. The molecule has 2 unspecified atom stereocenters. The molecule has 1 saturated heterocycles. The summed E-state index contributed by atoms with van der Waals surface area (Å²) in [7, 11) is 1.90. The Balaban J connectivity index is 1.74. The lowest BCUT2D eigenvalue weighted by atomic mass is 10.0. The number of thiocarbonyl (C=S) groups is 1. The Labute approximate surface area is 161 Å². The number of carboxylic acid groups (broad SMARTS) is 1. The molecule has 0 aliphatic carbocycles. The molecule has 0 amide bonds. The number of hydrogen-bond donors (Lipinski definition) is 2. The third-order valence-electron chi connectivity index (χ3n) is 4.68. The quantitative estimate of drug-likeness (QED) is 0.670. The van der Waals surface area contributed by atoms with Crippen LogP contribution in [-0.2, 0) is 0 Å². The highest BCUT2D eigenvalue weighted by Crippen LogP contribution is 2.39. The van der Waals surface area contributed by atoms with Crippen LogP contribution in [-0.4, -0.2) is 33.1 Å². The van der Waals surface area contributed by atoms with Gasteiger partial charge in [0.05, 0.1) is 17.3 Å². The van der Waals surface area contributed by atoms with Crippen LogP contribution in [0.15, 0.2) is 65.2 Å². The number of carboxylic acids is 1. The second kappa shape index (κ2) is 6.85. The number of pyridine rings is 1. The molecule has 3 aromatic rings. The fourth-order valence-electron chi connectivity index (χ4n) is 3.36. The van der Waals surface area contributed by atoms with Gasteiger partial charge in [0.25, 0.3) is 0 Å². The monoisotopic (exact) mass is 379 g/mol. The average Bonchev–Trinajstić information content (AvgIpc) is 3.27. The van der Waals surface area contributed by atoms with Gasteiger partial charge in [-0.3, -0.25) is 4.98 Å². The van der Waals surface area contributed by atoms with E-state index >= 15 is 0 Å². The van der Waals surface area contributed by atoms with Crippen molar-refractivity contribution >= 4 is 23.3 Å². The van der Waals surface area contributed by atoms with E-state index in [2.05, 4.69) is 10.3 Å². The van der Waals surface area contributed by atoms with Crippen LogP contribution < -0.4 is 5.32 Å². The molecule has 3 heterocycles. The lowest BCUT2D eigenvalue weighted by Crippen LogP contribution is -2.24. The van der Waals surface area contributed by atoms with Gasteiger partial charge in [0.1, 0.15) is 17.6 Å². The van der Waals surface area contributed by atoms with Crippen LogP contribution in [0.4, 0.5) is 0 Å². The molecule has 136 valence electrons. The van der Waals surface area contributed by atoms with Crippen molar-refractivity contribution in [3.05, 3.63) is 77.8 Å². The Hall–Kier alpha value is -3.19. The van der Waals surface area contributed by atoms with E-state index in [1.54, 1.807) is 36.5 Å². The van der Waals surface area contributed by atoms with Crippen molar-refractivity contribution in [3.63, 3.8) is 0 Å². The van der Waals surface area contributed by atoms with Crippen molar-refractivity contribution in [3.8, 4) is 11.3 Å². The van der Waals surface area contributed by atoms with Crippen molar-refractivity contribution in [1.29, 1.82) is 0 Å². The van der Waals surface area contributed by atoms with Crippen LogP contribution in [0.5, 0.6) is 0 Å². The maximum absolute atomic E-state index is 11.5. The second-order valence-corrected chi connectivity index (χ2v) is 6.68. The van der Waals surface area contributed by atoms with Gasteiger partial charge in [0.15, 0.2) is 5.11 Å². The van der Waals surface area contributed by atoms with Crippen molar-refractivity contribution in [2.24, 2.45) is 0 Å². The van der Waals surface area contributed by atoms with Crippen LogP contribution in [0.2, 0.25) is 0 Å². The highest BCUT2D eigenvalue weighted by atomic mass is 32.1. The number of nitrogens with zero attached hydrogens (tertiary/aromatic N) is 2. The zero-order valence-corrected chi connectivity index (χ0v) is 15.3. The minimum atomic E-state index is -0.990. The summed E-state index contributed by atoms with van der Waals surface area (Å²) in [6, 6.07) is 15.8. The fourth-order valence-corrected chi connectivity index (χ4v) is 3.60. The maximum Gasteiger partial charge on any atom is 0.336 e. The molecule has 27 heavy (non-hydrogen) atoms. The van der Waals surface area contributed by atoms with E-state index in [1.807, 2.05) is 36.2 Å². The van der Waals surface area contributed by atoms with Crippen LogP contribution >= 0.6 is 12.2 Å². The summed E-state index contributed by atoms with van der Waals surface area (Å²) in [6.45, 7) is 0. The molecular formula is C20H17N3O3S. The van der Waals surface area contributed by atoms with Gasteiger partial charge in [-0.15, -0.1) is 0 Å². The minimum absolute atomic E-state index is 0.155. The first-order valence-electron chi connectivity index (χ1n) is 8.43. The standard InChI is InChI=1S/C20H17N3O3S/c1-23-18(17(22-20(23)27)14-8-4-5-11-21-14)16-10-9-15(26-16)12-6-2-3-7-13(12)19(24)25/h2-11,17-18H,1H3,(H,22,27)(H,24,25). The number of aromatic nitrogens is 1. The Morgan fingerprint density at radius 3 is 2.70 bits per heavy atom. The van der Waals surface area contributed by atoms with Crippen LogP contribution in [0.3, 0.4) is 0 Å². The van der Waals surface area contributed by atoms with Gasteiger partial charge in [0.2, 0.25) is 0 Å². The molecule has 0 saturated carbocycles. The van der Waals surface area contributed by atoms with Crippen molar-refractivity contribution in [2.45, 2.75) is 12.1 Å². The molecule has 0 spiro atoms. The molecule has 2 N–H and O–H groups in total. The third kappa shape index (κ3) is 3.06. The molecule has 1 aliphatic rings. The Kier molecular flexibility index (Phi) is 4.37. The number of aromatic carboxylic acids is 1. The van der Waals surface area contributed by atoms with E-state index in [0.29, 0.717) is 22.2 Å². The maximum atomic E-state index is 11.5. The zero-order chi connectivity index (χ0) is 19.0. The first kappa shape index (κ1) is 17.2. The summed E-state index contributed by atoms with van der Waals surface area (Å²) in [5.41, 5.74) is 1.60. The van der Waals surface area contributed by atoms with Crippen molar-refractivity contribution < 1.29 is 14.3 Å². The van der Waals surface area contributed by atoms with E-state index in [0.717, 1.165) is 5.69 Å². The first-order valence-corrected chi connectivity index (χ1v) is 8.84. The van der Waals surface area contributed by atoms with Crippen molar-refractivity contribution in [1.82, 2.24) is 15.2 Å². The Morgan fingerprint density at radius 2 is 1.96 bits per heavy atom. The third-order valence-corrected chi connectivity index (χ3v) is 5.09. The predicted octanol–water partition coefficient (Wildman–Crippen LogP) is 3.64. The summed E-state index contributed by atoms with van der Waals surface area (Å²) in [6.07, 6.45) is 1.74. The van der Waals surface area contributed by atoms with Gasteiger partial charge < -0.3 is 19.7 Å². The number of nitrogens with one attached hydrogen (secondary N) is 1. The fraction of sp³-hybridized carbons (Fsp3) is 0.150. The molecule has 1 aromatic carbocycles. The average molecular weight is 379 g/mol. The van der Waals surface area contributed by atoms with E-state index in [4.69, 9.17) is 16.6 Å². The topological polar surface area (TPSA) is 78.6 Å². The summed E-state index contributed by atoms with van der Waals surface area (Å²) >= 11 is 5.42. The van der Waals surface area contributed by atoms with Gasteiger partial charge in [-0.25, -0.2) is 4.79 Å². The molecule has 2 aromatic heterocycles. The lowest BCUT2D eigenvalue weighted by Gasteiger charge is -2.21. The number of carbonyl (C=O) groups is 1. The second-order valence-electron chi connectivity index (χ2n) is 6.29. The minimum Gasteiger partial charge on any atom is -0.478 e. The number of likely N-dealkylation sites (N-methyl/N-ethyl adjacent to an activating group) is 1. The van der Waals surface area contributed by atoms with Gasteiger partial charge >= 0.3 is 5.97 Å². The molecule has 7 heteroatoms. The Bertz CT molecular complexity index is 1000. The predicted molar refractivity (Wildman–Crippen MR) is 104 cm³/mol. The van der Waals surface area contributed by atoms with E-state index in [9.17, 15) is 9.90 Å². The molecule has 4 rings (SSSR count). The van der Waals surface area contributed by atoms with Crippen LogP contribution in [0.25, 0.3) is 11.3 Å². The molecule has 0 bridgehead atoms. The van der Waals surface area contributed by atoms with Gasteiger partial charge in [-0.2, -0.15) is 0 Å². The number of hydrogen-bond acceptors (Lipinski definition) is 4. The van der Waals surface area contributed by atoms with Crippen LogP contribution in [0, 0.1) is 0 Å². The molecule has 6 nitrogen and oxygen atoms in total. The van der Waals surface area contributed by atoms with Gasteiger partial charge in [-0.05, 0) is 42.5 Å².